The topological polar surface area (TPSA) is 135 Å². The third-order valence-corrected chi connectivity index (χ3v) is 8.93. The number of benzene rings is 3. The highest BCUT2D eigenvalue weighted by atomic mass is 32.2. The van der Waals surface area contributed by atoms with Gasteiger partial charge in [-0.2, -0.15) is 12.7 Å². The molecule has 0 spiro atoms. The molecule has 5 rings (SSSR count). The van der Waals surface area contributed by atoms with Gasteiger partial charge in [0.25, 0.3) is 11.8 Å². The highest BCUT2D eigenvalue weighted by Crippen LogP contribution is 2.28. The second-order valence-corrected chi connectivity index (χ2v) is 12.2. The van der Waals surface area contributed by atoms with E-state index in [0.29, 0.717) is 40.9 Å². The van der Waals surface area contributed by atoms with E-state index in [0.717, 1.165) is 24.7 Å². The van der Waals surface area contributed by atoms with Crippen LogP contribution in [0.15, 0.2) is 84.8 Å². The van der Waals surface area contributed by atoms with E-state index in [2.05, 4.69) is 15.6 Å². The number of fused-ring (bicyclic) bond motifs is 2. The van der Waals surface area contributed by atoms with Crippen molar-refractivity contribution in [2.75, 3.05) is 34.9 Å². The van der Waals surface area contributed by atoms with Gasteiger partial charge < -0.3 is 25.1 Å². The summed E-state index contributed by atoms with van der Waals surface area (Å²) in [5.41, 5.74) is 3.07. The molecule has 0 radical (unpaired) electrons. The zero-order valence-electron chi connectivity index (χ0n) is 24.7. The first kappa shape index (κ1) is 30.4. The van der Waals surface area contributed by atoms with E-state index in [9.17, 15) is 18.0 Å². The molecule has 0 atom stereocenters. The smallest absolute Gasteiger partial charge is 0.307 e. The molecule has 12 heteroatoms. The molecular formula is C32H33N5O6S. The van der Waals surface area contributed by atoms with Crippen LogP contribution in [0.2, 0.25) is 0 Å². The number of rotatable bonds is 11. The number of carbonyl (C=O) groups excluding carboxylic acids is 2. The Hall–Kier alpha value is -5.07. The van der Waals surface area contributed by atoms with E-state index in [4.69, 9.17) is 9.47 Å². The van der Waals surface area contributed by atoms with E-state index in [1.54, 1.807) is 36.4 Å². The predicted octanol–water partition coefficient (Wildman–Crippen LogP) is 3.92. The van der Waals surface area contributed by atoms with E-state index in [1.165, 1.54) is 46.7 Å². The van der Waals surface area contributed by atoms with Crippen LogP contribution < -0.4 is 20.1 Å². The van der Waals surface area contributed by atoms with Crippen molar-refractivity contribution in [1.82, 2.24) is 23.9 Å². The Morgan fingerprint density at radius 3 is 2.39 bits per heavy atom. The van der Waals surface area contributed by atoms with Crippen LogP contribution in [0.3, 0.4) is 0 Å². The van der Waals surface area contributed by atoms with Gasteiger partial charge in [-0.25, -0.2) is 3.97 Å². The summed E-state index contributed by atoms with van der Waals surface area (Å²) in [6.07, 6.45) is 5.37. The Kier molecular flexibility index (Phi) is 8.74. The van der Waals surface area contributed by atoms with Gasteiger partial charge in [-0.3, -0.25) is 9.59 Å². The van der Waals surface area contributed by atoms with Gasteiger partial charge in [-0.15, -0.1) is 0 Å². The molecule has 0 saturated heterocycles. The standard InChI is InChI=1S/C32H33N5O6S/c1-36(2)44(40,41)37-20-23(25-10-6-8-12-28(25)37)17-27(35-31(38)21-13-14-29(42-3)30(18-21)43-4)32(39)33-16-15-22-19-34-26-11-7-5-9-24(22)26/h5-14,17-20,34H,15-16H2,1-4H3,(H,33,39)(H,35,38). The molecule has 2 aromatic heterocycles. The summed E-state index contributed by atoms with van der Waals surface area (Å²) in [4.78, 5) is 30.2. The molecule has 0 saturated carbocycles. The second-order valence-electron chi connectivity index (χ2n) is 10.1. The minimum Gasteiger partial charge on any atom is -0.493 e. The number of H-pyrrole nitrogens is 1. The molecule has 5 aromatic rings. The number of hydrogen-bond donors (Lipinski definition) is 3. The first-order valence-electron chi connectivity index (χ1n) is 13.8. The largest absolute Gasteiger partial charge is 0.493 e. The maximum Gasteiger partial charge on any atom is 0.307 e. The number of aromatic amines is 1. The number of nitrogens with one attached hydrogen (secondary N) is 3. The van der Waals surface area contributed by atoms with Crippen molar-refractivity contribution in [3.63, 3.8) is 0 Å². The number of amides is 2. The van der Waals surface area contributed by atoms with Crippen molar-refractivity contribution >= 4 is 49.9 Å². The van der Waals surface area contributed by atoms with Gasteiger partial charge in [-0.1, -0.05) is 36.4 Å². The molecule has 2 heterocycles. The number of carbonyl (C=O) groups is 2. The van der Waals surface area contributed by atoms with Gasteiger partial charge in [-0.05, 0) is 48.4 Å². The van der Waals surface area contributed by atoms with Crippen LogP contribution in [0.25, 0.3) is 27.9 Å². The quantitative estimate of drug-likeness (QED) is 0.193. The van der Waals surface area contributed by atoms with Crippen molar-refractivity contribution in [3.8, 4) is 11.5 Å². The summed E-state index contributed by atoms with van der Waals surface area (Å²) >= 11 is 0. The Morgan fingerprint density at radius 2 is 1.66 bits per heavy atom. The number of hydrogen-bond acceptors (Lipinski definition) is 6. The normalized spacial score (nSPS) is 12.1. The highest BCUT2D eigenvalue weighted by Gasteiger charge is 2.22. The predicted molar refractivity (Wildman–Crippen MR) is 170 cm³/mol. The van der Waals surface area contributed by atoms with Crippen LogP contribution in [0.5, 0.6) is 11.5 Å². The van der Waals surface area contributed by atoms with E-state index < -0.39 is 22.0 Å². The molecule has 11 nitrogen and oxygen atoms in total. The lowest BCUT2D eigenvalue weighted by molar-refractivity contribution is -0.117. The maximum absolute atomic E-state index is 13.6. The molecule has 3 N–H and O–H groups in total. The van der Waals surface area contributed by atoms with E-state index in [1.807, 2.05) is 30.5 Å². The zero-order valence-corrected chi connectivity index (χ0v) is 25.6. The fourth-order valence-corrected chi connectivity index (χ4v) is 5.89. The second kappa shape index (κ2) is 12.7. The fourth-order valence-electron chi connectivity index (χ4n) is 4.89. The third kappa shape index (κ3) is 6.03. The van der Waals surface area contributed by atoms with Crippen LogP contribution in [0, 0.1) is 0 Å². The van der Waals surface area contributed by atoms with E-state index in [-0.39, 0.29) is 11.3 Å². The summed E-state index contributed by atoms with van der Waals surface area (Å²) < 4.78 is 39.0. The molecule has 3 aromatic carbocycles. The minimum atomic E-state index is -3.87. The minimum absolute atomic E-state index is 0.0612. The first-order chi connectivity index (χ1) is 21.1. The monoisotopic (exact) mass is 615 g/mol. The van der Waals surface area contributed by atoms with Crippen LogP contribution in [-0.2, 0) is 21.4 Å². The third-order valence-electron chi connectivity index (χ3n) is 7.21. The first-order valence-corrected chi connectivity index (χ1v) is 15.1. The van der Waals surface area contributed by atoms with Gasteiger partial charge in [0, 0.05) is 60.4 Å². The van der Waals surface area contributed by atoms with Gasteiger partial charge in [0.15, 0.2) is 11.5 Å². The summed E-state index contributed by atoms with van der Waals surface area (Å²) in [5.74, 6) is -0.296. The van der Waals surface area contributed by atoms with Gasteiger partial charge in [0.2, 0.25) is 0 Å². The molecule has 0 aliphatic rings. The molecule has 0 aliphatic carbocycles. The summed E-state index contributed by atoms with van der Waals surface area (Å²) in [6.45, 7) is 0.293. The Labute approximate surface area is 255 Å². The average Bonchev–Trinajstić information content (AvgIpc) is 3.62. The molecule has 44 heavy (non-hydrogen) atoms. The van der Waals surface area contributed by atoms with Crippen LogP contribution in [-0.4, -0.2) is 68.4 Å². The fraction of sp³-hybridized carbons (Fsp3) is 0.188. The zero-order chi connectivity index (χ0) is 31.4. The molecule has 228 valence electrons. The number of methoxy groups -OCH3 is 2. The van der Waals surface area contributed by atoms with Crippen LogP contribution >= 0.6 is 0 Å². The number of ether oxygens (including phenoxy) is 2. The molecule has 2 amide bonds. The lowest BCUT2D eigenvalue weighted by Crippen LogP contribution is -2.35. The van der Waals surface area contributed by atoms with Crippen LogP contribution in [0.4, 0.5) is 0 Å². The summed E-state index contributed by atoms with van der Waals surface area (Å²) in [7, 11) is 1.96. The van der Waals surface area contributed by atoms with Gasteiger partial charge >= 0.3 is 10.2 Å². The number of nitrogens with zero attached hydrogens (tertiary/aromatic N) is 2. The van der Waals surface area contributed by atoms with Crippen LogP contribution in [0.1, 0.15) is 21.5 Å². The van der Waals surface area contributed by atoms with Crippen molar-refractivity contribution in [2.45, 2.75) is 6.42 Å². The maximum atomic E-state index is 13.6. The van der Waals surface area contributed by atoms with Gasteiger partial charge in [0.1, 0.15) is 5.70 Å². The molecular weight excluding hydrogens is 582 g/mol. The lowest BCUT2D eigenvalue weighted by atomic mass is 10.1. The van der Waals surface area contributed by atoms with Gasteiger partial charge in [0.05, 0.1) is 19.7 Å². The lowest BCUT2D eigenvalue weighted by Gasteiger charge is -2.13. The highest BCUT2D eigenvalue weighted by molar-refractivity contribution is 7.87. The molecule has 0 unspecified atom stereocenters. The SMILES string of the molecule is COc1ccc(C(=O)NC(=Cc2cn(S(=O)(=O)N(C)C)c3ccccc23)C(=O)NCCc2c[nH]c3ccccc23)cc1OC. The molecule has 0 bridgehead atoms. The number of para-hydroxylation sites is 2. The average molecular weight is 616 g/mol. The van der Waals surface area contributed by atoms with Crippen molar-refractivity contribution in [3.05, 3.63) is 102 Å². The Morgan fingerprint density at radius 1 is 0.955 bits per heavy atom. The Bertz CT molecular complexity index is 1990. The Balaban J connectivity index is 1.49. The summed E-state index contributed by atoms with van der Waals surface area (Å²) in [6, 6.07) is 19.5. The van der Waals surface area contributed by atoms with Crippen molar-refractivity contribution < 1.29 is 27.5 Å². The molecule has 0 aliphatic heterocycles. The van der Waals surface area contributed by atoms with Crippen molar-refractivity contribution in [1.29, 1.82) is 0 Å². The summed E-state index contributed by atoms with van der Waals surface area (Å²) in [5, 5.41) is 7.26. The number of aromatic nitrogens is 2. The van der Waals surface area contributed by atoms with E-state index >= 15 is 0 Å². The molecule has 0 fully saturated rings. The van der Waals surface area contributed by atoms with Crippen molar-refractivity contribution in [2.24, 2.45) is 0 Å².